The number of rotatable bonds is 3. The molecule has 2 N–H and O–H groups in total. The SMILES string of the molecule is O=C(NC1(Cl)C(=O)c2ccccc2C1=O)c1ccccc1.c1ccc(N2CCNCC2)nc1. The topological polar surface area (TPSA) is 91.4 Å². The van der Waals surface area contributed by atoms with Crippen LogP contribution < -0.4 is 15.5 Å². The maximum Gasteiger partial charge on any atom is 0.253 e. The predicted octanol–water partition coefficient (Wildman–Crippen LogP) is 2.92. The summed E-state index contributed by atoms with van der Waals surface area (Å²) >= 11 is 6.15. The van der Waals surface area contributed by atoms with Gasteiger partial charge in [0.15, 0.2) is 0 Å². The van der Waals surface area contributed by atoms with Crippen molar-refractivity contribution in [3.63, 3.8) is 0 Å². The molecular weight excluding hydrogens is 440 g/mol. The summed E-state index contributed by atoms with van der Waals surface area (Å²) in [6.07, 6.45) is 1.84. The van der Waals surface area contributed by atoms with Gasteiger partial charge in [-0.2, -0.15) is 0 Å². The second kappa shape index (κ2) is 9.94. The number of benzene rings is 2. The van der Waals surface area contributed by atoms with Crippen molar-refractivity contribution in [2.45, 2.75) is 5.00 Å². The monoisotopic (exact) mass is 462 g/mol. The van der Waals surface area contributed by atoms with E-state index in [2.05, 4.69) is 26.6 Å². The Morgan fingerprint density at radius 2 is 1.45 bits per heavy atom. The van der Waals surface area contributed by atoms with Gasteiger partial charge in [0.2, 0.25) is 16.6 Å². The Hall–Kier alpha value is -3.55. The molecule has 0 atom stereocenters. The summed E-state index contributed by atoms with van der Waals surface area (Å²) in [5.41, 5.74) is 0.783. The fraction of sp³-hybridized carbons (Fsp3) is 0.200. The van der Waals surface area contributed by atoms with Crippen molar-refractivity contribution in [3.8, 4) is 0 Å². The number of anilines is 1. The van der Waals surface area contributed by atoms with E-state index in [0.717, 1.165) is 32.0 Å². The summed E-state index contributed by atoms with van der Waals surface area (Å²) in [6.45, 7) is 4.27. The standard InChI is InChI=1S/C16H10ClNO3.C9H13N3/c17-16(18-15(21)10-6-2-1-3-7-10)13(19)11-8-4-5-9-12(11)14(16)20;1-2-4-11-9(3-1)12-7-5-10-6-8-12/h1-9H,(H,18,21);1-4,10H,5-8H2. The van der Waals surface area contributed by atoms with Gasteiger partial charge in [-0.15, -0.1) is 0 Å². The minimum atomic E-state index is -2.06. The Morgan fingerprint density at radius 3 is 2.03 bits per heavy atom. The molecule has 1 fully saturated rings. The molecule has 5 rings (SSSR count). The van der Waals surface area contributed by atoms with E-state index in [1.165, 1.54) is 12.1 Å². The Balaban J connectivity index is 0.000000183. The highest BCUT2D eigenvalue weighted by molar-refractivity contribution is 6.55. The molecule has 2 heterocycles. The van der Waals surface area contributed by atoms with E-state index in [1.807, 2.05) is 18.3 Å². The number of hydrogen-bond donors (Lipinski definition) is 2. The Kier molecular flexibility index (Phi) is 6.82. The van der Waals surface area contributed by atoms with E-state index in [4.69, 9.17) is 11.6 Å². The number of hydrogen-bond acceptors (Lipinski definition) is 6. The number of carbonyl (C=O) groups is 3. The van der Waals surface area contributed by atoms with Gasteiger partial charge >= 0.3 is 0 Å². The van der Waals surface area contributed by atoms with E-state index in [-0.39, 0.29) is 11.1 Å². The van der Waals surface area contributed by atoms with Crippen molar-refractivity contribution in [1.29, 1.82) is 0 Å². The highest BCUT2D eigenvalue weighted by Gasteiger charge is 2.53. The van der Waals surface area contributed by atoms with Gasteiger partial charge in [0.25, 0.3) is 5.91 Å². The molecule has 8 heteroatoms. The zero-order valence-electron chi connectivity index (χ0n) is 17.8. The summed E-state index contributed by atoms with van der Waals surface area (Å²) < 4.78 is 0. The zero-order chi connectivity index (χ0) is 23.3. The highest BCUT2D eigenvalue weighted by Crippen LogP contribution is 2.33. The van der Waals surface area contributed by atoms with Crippen LogP contribution in [0.3, 0.4) is 0 Å². The van der Waals surface area contributed by atoms with Crippen LogP contribution in [0.2, 0.25) is 0 Å². The molecule has 1 amide bonds. The van der Waals surface area contributed by atoms with E-state index in [9.17, 15) is 14.4 Å². The lowest BCUT2D eigenvalue weighted by Crippen LogP contribution is -2.52. The van der Waals surface area contributed by atoms with Crippen LogP contribution in [0.4, 0.5) is 5.82 Å². The van der Waals surface area contributed by atoms with Crippen molar-refractivity contribution in [3.05, 3.63) is 95.7 Å². The van der Waals surface area contributed by atoms with Gasteiger partial charge in [-0.3, -0.25) is 14.4 Å². The van der Waals surface area contributed by atoms with Crippen molar-refractivity contribution < 1.29 is 14.4 Å². The molecule has 2 aromatic carbocycles. The maximum absolute atomic E-state index is 12.3. The van der Waals surface area contributed by atoms with E-state index in [1.54, 1.807) is 42.5 Å². The molecule has 0 bridgehead atoms. The van der Waals surface area contributed by atoms with Crippen molar-refractivity contribution in [1.82, 2.24) is 15.6 Å². The average molecular weight is 463 g/mol. The Morgan fingerprint density at radius 1 is 0.879 bits per heavy atom. The third kappa shape index (κ3) is 4.79. The number of Topliss-reactive ketones (excluding diaryl/α,β-unsaturated/α-hetero) is 2. The number of fused-ring (bicyclic) bond motifs is 1. The molecule has 7 nitrogen and oxygen atoms in total. The molecule has 168 valence electrons. The Labute approximate surface area is 196 Å². The average Bonchev–Trinajstić information content (AvgIpc) is 3.07. The first-order valence-corrected chi connectivity index (χ1v) is 11.0. The molecule has 0 unspecified atom stereocenters. The summed E-state index contributed by atoms with van der Waals surface area (Å²) in [7, 11) is 0. The van der Waals surface area contributed by atoms with Crippen molar-refractivity contribution >= 4 is 34.9 Å². The van der Waals surface area contributed by atoms with Gasteiger partial charge < -0.3 is 15.5 Å². The second-order valence-corrected chi connectivity index (χ2v) is 8.17. The maximum atomic E-state index is 12.3. The molecule has 33 heavy (non-hydrogen) atoms. The van der Waals surface area contributed by atoms with Gasteiger partial charge in [0.05, 0.1) is 0 Å². The van der Waals surface area contributed by atoms with Crippen LogP contribution in [-0.2, 0) is 0 Å². The number of amides is 1. The van der Waals surface area contributed by atoms with Crippen LogP contribution in [0.1, 0.15) is 31.1 Å². The molecule has 1 saturated heterocycles. The molecule has 0 radical (unpaired) electrons. The number of piperazine rings is 1. The third-order valence-electron chi connectivity index (χ3n) is 5.45. The lowest BCUT2D eigenvalue weighted by atomic mass is 10.1. The molecule has 1 aromatic heterocycles. The van der Waals surface area contributed by atoms with Gasteiger partial charge in [-0.05, 0) is 24.3 Å². The number of nitrogens with one attached hydrogen (secondary N) is 2. The van der Waals surface area contributed by atoms with Crippen LogP contribution in [0.5, 0.6) is 0 Å². The lowest BCUT2D eigenvalue weighted by molar-refractivity contribution is 0.0772. The second-order valence-electron chi connectivity index (χ2n) is 7.61. The summed E-state index contributed by atoms with van der Waals surface area (Å²) in [6, 6.07) is 20.7. The highest BCUT2D eigenvalue weighted by atomic mass is 35.5. The fourth-order valence-corrected chi connectivity index (χ4v) is 4.01. The van der Waals surface area contributed by atoms with Gasteiger partial charge in [0, 0.05) is 49.1 Å². The number of alkyl halides is 1. The van der Waals surface area contributed by atoms with Crippen LogP contribution in [0, 0.1) is 0 Å². The summed E-state index contributed by atoms with van der Waals surface area (Å²) in [5.74, 6) is -0.679. The summed E-state index contributed by atoms with van der Waals surface area (Å²) in [5, 5.41) is 5.66. The number of nitrogens with zero attached hydrogens (tertiary/aromatic N) is 2. The molecule has 0 saturated carbocycles. The molecule has 1 aliphatic heterocycles. The minimum absolute atomic E-state index is 0.228. The van der Waals surface area contributed by atoms with E-state index < -0.39 is 22.5 Å². The van der Waals surface area contributed by atoms with Crippen molar-refractivity contribution in [2.24, 2.45) is 0 Å². The van der Waals surface area contributed by atoms with Crippen LogP contribution in [-0.4, -0.2) is 53.6 Å². The number of aromatic nitrogens is 1. The smallest absolute Gasteiger partial charge is 0.253 e. The first-order chi connectivity index (χ1) is 16.0. The number of pyridine rings is 1. The fourth-order valence-electron chi connectivity index (χ4n) is 3.72. The Bertz CT molecular complexity index is 1110. The number of halogens is 1. The third-order valence-corrected chi connectivity index (χ3v) is 5.89. The van der Waals surface area contributed by atoms with Gasteiger partial charge in [-0.25, -0.2) is 4.98 Å². The van der Waals surface area contributed by atoms with E-state index in [0.29, 0.717) is 5.56 Å². The predicted molar refractivity (Wildman–Crippen MR) is 127 cm³/mol. The minimum Gasteiger partial charge on any atom is -0.354 e. The largest absolute Gasteiger partial charge is 0.354 e. The molecule has 0 spiro atoms. The van der Waals surface area contributed by atoms with Crippen LogP contribution in [0.15, 0.2) is 79.0 Å². The van der Waals surface area contributed by atoms with Crippen LogP contribution >= 0.6 is 11.6 Å². The molecule has 2 aliphatic rings. The lowest BCUT2D eigenvalue weighted by Gasteiger charge is -2.28. The molecule has 1 aliphatic carbocycles. The first kappa shape index (κ1) is 22.6. The van der Waals surface area contributed by atoms with E-state index >= 15 is 0 Å². The number of ketones is 2. The van der Waals surface area contributed by atoms with Crippen LogP contribution in [0.25, 0.3) is 0 Å². The van der Waals surface area contributed by atoms with Crippen molar-refractivity contribution in [2.75, 3.05) is 31.1 Å². The molecule has 3 aromatic rings. The quantitative estimate of drug-likeness (QED) is 0.353. The van der Waals surface area contributed by atoms with Gasteiger partial charge in [0.1, 0.15) is 5.82 Å². The van der Waals surface area contributed by atoms with Gasteiger partial charge in [-0.1, -0.05) is 60.1 Å². The normalized spacial score (nSPS) is 16.5. The first-order valence-electron chi connectivity index (χ1n) is 10.6. The molecular formula is C25H23ClN4O3. The summed E-state index contributed by atoms with van der Waals surface area (Å²) in [4.78, 5) is 41.3. The zero-order valence-corrected chi connectivity index (χ0v) is 18.6. The number of carbonyl (C=O) groups excluding carboxylic acids is 3.